The van der Waals surface area contributed by atoms with Gasteiger partial charge in [0.25, 0.3) is 0 Å². The van der Waals surface area contributed by atoms with Gasteiger partial charge in [-0.1, -0.05) is 35.9 Å². The number of carbonyl (C=O) groups excluding carboxylic acids is 1. The Bertz CT molecular complexity index is 923. The molecular formula is C21H23ClN4O. The molecule has 5 nitrogen and oxygen atoms in total. The van der Waals surface area contributed by atoms with Crippen molar-refractivity contribution in [2.75, 3.05) is 12.4 Å². The molecule has 1 aromatic heterocycles. The van der Waals surface area contributed by atoms with Crippen LogP contribution in [-0.4, -0.2) is 33.7 Å². The van der Waals surface area contributed by atoms with Gasteiger partial charge in [0.2, 0.25) is 5.91 Å². The standard InChI is InChI=1S/C21H23ClN4O/c1-15-19(22)10-7-11-20(15)24-21(27)16(2)25(3)13-17-12-23-26(14-17)18-8-5-4-6-9-18/h4-12,14,16H,13H2,1-3H3,(H,24,27). The number of hydrogen-bond acceptors (Lipinski definition) is 3. The monoisotopic (exact) mass is 382 g/mol. The Morgan fingerprint density at radius 1 is 1.22 bits per heavy atom. The van der Waals surface area contributed by atoms with Crippen molar-refractivity contribution in [1.29, 1.82) is 0 Å². The number of amides is 1. The van der Waals surface area contributed by atoms with E-state index in [1.165, 1.54) is 0 Å². The van der Waals surface area contributed by atoms with Gasteiger partial charge in [-0.2, -0.15) is 5.10 Å². The van der Waals surface area contributed by atoms with Crippen LogP contribution < -0.4 is 5.32 Å². The molecule has 3 rings (SSSR count). The summed E-state index contributed by atoms with van der Waals surface area (Å²) in [4.78, 5) is 14.6. The lowest BCUT2D eigenvalue weighted by Gasteiger charge is -2.23. The molecule has 1 atom stereocenters. The number of para-hydroxylation sites is 1. The molecule has 0 saturated heterocycles. The highest BCUT2D eigenvalue weighted by molar-refractivity contribution is 6.31. The van der Waals surface area contributed by atoms with Crippen LogP contribution in [0.25, 0.3) is 5.69 Å². The summed E-state index contributed by atoms with van der Waals surface area (Å²) in [6.07, 6.45) is 3.81. The van der Waals surface area contributed by atoms with Crippen LogP contribution in [0.4, 0.5) is 5.69 Å². The van der Waals surface area contributed by atoms with Crippen LogP contribution in [0.3, 0.4) is 0 Å². The fourth-order valence-electron chi connectivity index (χ4n) is 2.77. The van der Waals surface area contributed by atoms with Gasteiger partial charge in [-0.05, 0) is 50.7 Å². The maximum absolute atomic E-state index is 12.6. The molecule has 1 amide bonds. The second-order valence-electron chi connectivity index (χ2n) is 6.62. The van der Waals surface area contributed by atoms with E-state index in [4.69, 9.17) is 11.6 Å². The molecule has 0 spiro atoms. The van der Waals surface area contributed by atoms with Gasteiger partial charge >= 0.3 is 0 Å². The van der Waals surface area contributed by atoms with E-state index in [0.29, 0.717) is 11.6 Å². The van der Waals surface area contributed by atoms with Crippen molar-refractivity contribution in [3.05, 3.63) is 77.1 Å². The average Bonchev–Trinajstić information content (AvgIpc) is 3.14. The van der Waals surface area contributed by atoms with Crippen molar-refractivity contribution in [2.24, 2.45) is 0 Å². The highest BCUT2D eigenvalue weighted by Crippen LogP contribution is 2.23. The number of halogens is 1. The Morgan fingerprint density at radius 2 is 1.96 bits per heavy atom. The minimum atomic E-state index is -0.302. The van der Waals surface area contributed by atoms with E-state index in [1.54, 1.807) is 0 Å². The van der Waals surface area contributed by atoms with Crippen LogP contribution in [0.15, 0.2) is 60.9 Å². The van der Waals surface area contributed by atoms with Gasteiger partial charge in [0.15, 0.2) is 0 Å². The molecule has 6 heteroatoms. The zero-order valence-corrected chi connectivity index (χ0v) is 16.4. The molecule has 0 aliphatic carbocycles. The molecule has 0 aliphatic rings. The number of carbonyl (C=O) groups is 1. The van der Waals surface area contributed by atoms with Gasteiger partial charge < -0.3 is 5.32 Å². The summed E-state index contributed by atoms with van der Waals surface area (Å²) in [6, 6.07) is 15.1. The summed E-state index contributed by atoms with van der Waals surface area (Å²) in [6.45, 7) is 4.40. The summed E-state index contributed by atoms with van der Waals surface area (Å²) >= 11 is 6.13. The second-order valence-corrected chi connectivity index (χ2v) is 7.03. The first kappa shape index (κ1) is 19.1. The average molecular weight is 383 g/mol. The first-order chi connectivity index (χ1) is 13.0. The van der Waals surface area contributed by atoms with Crippen LogP contribution in [-0.2, 0) is 11.3 Å². The van der Waals surface area contributed by atoms with Crippen molar-refractivity contribution >= 4 is 23.2 Å². The maximum atomic E-state index is 12.6. The largest absolute Gasteiger partial charge is 0.324 e. The number of nitrogens with zero attached hydrogens (tertiary/aromatic N) is 3. The molecule has 0 aliphatic heterocycles. The zero-order chi connectivity index (χ0) is 19.4. The summed E-state index contributed by atoms with van der Waals surface area (Å²) in [5.74, 6) is -0.0710. The Labute approximate surface area is 164 Å². The van der Waals surface area contributed by atoms with Crippen molar-refractivity contribution in [3.8, 4) is 5.69 Å². The molecule has 3 aromatic rings. The fraction of sp³-hybridized carbons (Fsp3) is 0.238. The van der Waals surface area contributed by atoms with E-state index in [-0.39, 0.29) is 11.9 Å². The third-order valence-corrected chi connectivity index (χ3v) is 5.06. The van der Waals surface area contributed by atoms with Crippen LogP contribution in [0, 0.1) is 6.92 Å². The first-order valence-corrected chi connectivity index (χ1v) is 9.18. The van der Waals surface area contributed by atoms with Gasteiger partial charge in [-0.25, -0.2) is 4.68 Å². The van der Waals surface area contributed by atoms with Crippen molar-refractivity contribution in [3.63, 3.8) is 0 Å². The predicted octanol–water partition coefficient (Wildman–Crippen LogP) is 4.29. The predicted molar refractivity (Wildman–Crippen MR) is 109 cm³/mol. The van der Waals surface area contributed by atoms with Gasteiger partial charge in [-0.15, -0.1) is 0 Å². The number of rotatable bonds is 6. The molecule has 0 radical (unpaired) electrons. The lowest BCUT2D eigenvalue weighted by Crippen LogP contribution is -2.39. The highest BCUT2D eigenvalue weighted by Gasteiger charge is 2.19. The molecule has 1 N–H and O–H groups in total. The molecule has 140 valence electrons. The Morgan fingerprint density at radius 3 is 2.70 bits per heavy atom. The molecular weight excluding hydrogens is 360 g/mol. The Kier molecular flexibility index (Phi) is 5.94. The topological polar surface area (TPSA) is 50.2 Å². The molecule has 27 heavy (non-hydrogen) atoms. The molecule has 1 heterocycles. The third kappa shape index (κ3) is 4.56. The normalized spacial score (nSPS) is 12.2. The van der Waals surface area contributed by atoms with Crippen LogP contribution in [0.2, 0.25) is 5.02 Å². The molecule has 2 aromatic carbocycles. The van der Waals surface area contributed by atoms with Gasteiger partial charge in [0.05, 0.1) is 17.9 Å². The lowest BCUT2D eigenvalue weighted by molar-refractivity contribution is -0.120. The van der Waals surface area contributed by atoms with Crippen molar-refractivity contribution in [1.82, 2.24) is 14.7 Å². The number of hydrogen-bond donors (Lipinski definition) is 1. The van der Waals surface area contributed by atoms with E-state index < -0.39 is 0 Å². The quantitative estimate of drug-likeness (QED) is 0.691. The Hall–Kier alpha value is -2.63. The fourth-order valence-corrected chi connectivity index (χ4v) is 2.94. The van der Waals surface area contributed by atoms with Crippen molar-refractivity contribution < 1.29 is 4.79 Å². The minimum Gasteiger partial charge on any atom is -0.324 e. The summed E-state index contributed by atoms with van der Waals surface area (Å²) in [5, 5.41) is 8.01. The summed E-state index contributed by atoms with van der Waals surface area (Å²) in [7, 11) is 1.93. The third-order valence-electron chi connectivity index (χ3n) is 4.65. The van der Waals surface area contributed by atoms with E-state index >= 15 is 0 Å². The van der Waals surface area contributed by atoms with E-state index in [9.17, 15) is 4.79 Å². The number of anilines is 1. The van der Waals surface area contributed by atoms with Crippen LogP contribution in [0.1, 0.15) is 18.1 Å². The second kappa shape index (κ2) is 8.37. The van der Waals surface area contributed by atoms with Crippen molar-refractivity contribution in [2.45, 2.75) is 26.4 Å². The number of likely N-dealkylation sites (N-methyl/N-ethyl adjacent to an activating group) is 1. The van der Waals surface area contributed by atoms with E-state index in [1.807, 2.05) is 91.4 Å². The van der Waals surface area contributed by atoms with Crippen LogP contribution in [0.5, 0.6) is 0 Å². The number of benzene rings is 2. The van der Waals surface area contributed by atoms with Gasteiger partial charge in [-0.3, -0.25) is 9.69 Å². The Balaban J connectivity index is 1.63. The minimum absolute atomic E-state index is 0.0710. The van der Waals surface area contributed by atoms with Gasteiger partial charge in [0.1, 0.15) is 0 Å². The number of nitrogens with one attached hydrogen (secondary N) is 1. The first-order valence-electron chi connectivity index (χ1n) is 8.81. The van der Waals surface area contributed by atoms with Gasteiger partial charge in [0, 0.05) is 29.0 Å². The van der Waals surface area contributed by atoms with Crippen LogP contribution >= 0.6 is 11.6 Å². The molecule has 1 unspecified atom stereocenters. The molecule has 0 fully saturated rings. The summed E-state index contributed by atoms with van der Waals surface area (Å²) < 4.78 is 1.84. The maximum Gasteiger partial charge on any atom is 0.241 e. The number of aromatic nitrogens is 2. The lowest BCUT2D eigenvalue weighted by atomic mass is 10.2. The van der Waals surface area contributed by atoms with E-state index in [0.717, 1.165) is 22.5 Å². The molecule has 0 saturated carbocycles. The SMILES string of the molecule is Cc1c(Cl)cccc1NC(=O)C(C)N(C)Cc1cnn(-c2ccccc2)c1. The highest BCUT2D eigenvalue weighted by atomic mass is 35.5. The summed E-state index contributed by atoms with van der Waals surface area (Å²) in [5.41, 5.74) is 3.66. The smallest absolute Gasteiger partial charge is 0.241 e. The molecule has 0 bridgehead atoms. The zero-order valence-electron chi connectivity index (χ0n) is 15.7. The van der Waals surface area contributed by atoms with E-state index in [2.05, 4.69) is 10.4 Å².